The molecule has 0 saturated heterocycles. The van der Waals surface area contributed by atoms with Crippen LogP contribution in [0.1, 0.15) is 36.8 Å². The monoisotopic (exact) mass is 413 g/mol. The molecule has 2 aromatic rings. The standard InChI is InChI=1S/C23H27NO6/c24-21(22(26)27)19(23(28)30-16-18-11-5-2-6-12-18)13-7-8-14-20(25)29-15-17-9-3-1-4-10-17/h1-6,9-12,19,21H,7-8,13-16,24H2,(H,26,27)/t19?,21-/m0/s1. The van der Waals surface area contributed by atoms with Crippen LogP contribution in [0.4, 0.5) is 0 Å². The fourth-order valence-electron chi connectivity index (χ4n) is 2.90. The lowest BCUT2D eigenvalue weighted by Crippen LogP contribution is -2.42. The van der Waals surface area contributed by atoms with Gasteiger partial charge < -0.3 is 20.3 Å². The first-order valence-electron chi connectivity index (χ1n) is 9.86. The molecule has 0 fully saturated rings. The third-order valence-corrected chi connectivity index (χ3v) is 4.63. The molecule has 2 atom stereocenters. The highest BCUT2D eigenvalue weighted by molar-refractivity contribution is 5.83. The van der Waals surface area contributed by atoms with Gasteiger partial charge in [0.05, 0.1) is 5.92 Å². The summed E-state index contributed by atoms with van der Waals surface area (Å²) in [7, 11) is 0. The molecule has 7 nitrogen and oxygen atoms in total. The maximum Gasteiger partial charge on any atom is 0.321 e. The van der Waals surface area contributed by atoms with Gasteiger partial charge in [0.25, 0.3) is 0 Å². The van der Waals surface area contributed by atoms with E-state index in [0.29, 0.717) is 12.8 Å². The number of carbonyl (C=O) groups is 3. The Kier molecular flexibility index (Phi) is 9.54. The minimum absolute atomic E-state index is 0.0499. The summed E-state index contributed by atoms with van der Waals surface area (Å²) >= 11 is 0. The number of nitrogens with two attached hydrogens (primary N) is 1. The average Bonchev–Trinajstić information content (AvgIpc) is 2.77. The second kappa shape index (κ2) is 12.4. The lowest BCUT2D eigenvalue weighted by atomic mass is 9.94. The molecule has 0 aromatic heterocycles. The topological polar surface area (TPSA) is 116 Å². The Morgan fingerprint density at radius 1 is 0.833 bits per heavy atom. The van der Waals surface area contributed by atoms with E-state index in [1.165, 1.54) is 0 Å². The van der Waals surface area contributed by atoms with Crippen molar-refractivity contribution in [1.82, 2.24) is 0 Å². The zero-order chi connectivity index (χ0) is 21.8. The van der Waals surface area contributed by atoms with Gasteiger partial charge in [-0.15, -0.1) is 0 Å². The largest absolute Gasteiger partial charge is 0.480 e. The van der Waals surface area contributed by atoms with Gasteiger partial charge in [-0.1, -0.05) is 67.1 Å². The Morgan fingerprint density at radius 3 is 1.90 bits per heavy atom. The molecule has 0 aliphatic carbocycles. The van der Waals surface area contributed by atoms with Gasteiger partial charge in [0, 0.05) is 6.42 Å². The average molecular weight is 413 g/mol. The van der Waals surface area contributed by atoms with E-state index in [4.69, 9.17) is 15.2 Å². The van der Waals surface area contributed by atoms with Crippen molar-refractivity contribution in [3.05, 3.63) is 71.8 Å². The molecule has 7 heteroatoms. The highest BCUT2D eigenvalue weighted by Gasteiger charge is 2.31. The maximum atomic E-state index is 12.4. The van der Waals surface area contributed by atoms with Crippen LogP contribution in [-0.4, -0.2) is 29.1 Å². The van der Waals surface area contributed by atoms with E-state index < -0.39 is 23.9 Å². The second-order valence-electron chi connectivity index (χ2n) is 6.96. The summed E-state index contributed by atoms with van der Waals surface area (Å²) in [4.78, 5) is 35.5. The number of rotatable bonds is 12. The van der Waals surface area contributed by atoms with Crippen molar-refractivity contribution < 1.29 is 29.0 Å². The van der Waals surface area contributed by atoms with E-state index in [2.05, 4.69) is 0 Å². The first kappa shape index (κ1) is 23.1. The summed E-state index contributed by atoms with van der Waals surface area (Å²) in [6.07, 6.45) is 1.31. The fourth-order valence-corrected chi connectivity index (χ4v) is 2.90. The van der Waals surface area contributed by atoms with Crippen LogP contribution in [0.25, 0.3) is 0 Å². The second-order valence-corrected chi connectivity index (χ2v) is 6.96. The Morgan fingerprint density at radius 2 is 1.37 bits per heavy atom. The number of hydrogen-bond donors (Lipinski definition) is 2. The number of carboxylic acid groups (broad SMARTS) is 1. The predicted molar refractivity (Wildman–Crippen MR) is 110 cm³/mol. The molecule has 160 valence electrons. The summed E-state index contributed by atoms with van der Waals surface area (Å²) in [6, 6.07) is 17.1. The molecule has 0 aliphatic rings. The van der Waals surface area contributed by atoms with E-state index in [1.807, 2.05) is 48.5 Å². The van der Waals surface area contributed by atoms with Crippen molar-refractivity contribution in [2.24, 2.45) is 11.7 Å². The van der Waals surface area contributed by atoms with E-state index in [9.17, 15) is 19.5 Å². The number of carboxylic acids is 1. The minimum atomic E-state index is -1.36. The van der Waals surface area contributed by atoms with Gasteiger partial charge in [0.2, 0.25) is 0 Å². The van der Waals surface area contributed by atoms with Crippen LogP contribution in [0, 0.1) is 5.92 Å². The van der Waals surface area contributed by atoms with Gasteiger partial charge >= 0.3 is 17.9 Å². The van der Waals surface area contributed by atoms with Crippen LogP contribution in [0.2, 0.25) is 0 Å². The Labute approximate surface area is 175 Å². The zero-order valence-electron chi connectivity index (χ0n) is 16.7. The van der Waals surface area contributed by atoms with Crippen LogP contribution >= 0.6 is 0 Å². The predicted octanol–water partition coefficient (Wildman–Crippen LogP) is 3.06. The molecule has 0 heterocycles. The van der Waals surface area contributed by atoms with Crippen molar-refractivity contribution in [3.63, 3.8) is 0 Å². The lowest BCUT2D eigenvalue weighted by molar-refractivity contribution is -0.155. The molecular formula is C23H27NO6. The number of hydrogen-bond acceptors (Lipinski definition) is 6. The SMILES string of the molecule is N[C@H](C(=O)O)C(CCCCC(=O)OCc1ccccc1)C(=O)OCc1ccccc1. The molecule has 1 unspecified atom stereocenters. The van der Waals surface area contributed by atoms with Crippen LogP contribution in [0.15, 0.2) is 60.7 Å². The fraction of sp³-hybridized carbons (Fsp3) is 0.348. The van der Waals surface area contributed by atoms with E-state index in [-0.39, 0.29) is 32.0 Å². The van der Waals surface area contributed by atoms with Crippen LogP contribution < -0.4 is 5.73 Å². The Bertz CT molecular complexity index is 809. The van der Waals surface area contributed by atoms with Crippen LogP contribution in [0.3, 0.4) is 0 Å². The van der Waals surface area contributed by atoms with Gasteiger partial charge in [-0.3, -0.25) is 14.4 Å². The normalized spacial score (nSPS) is 12.6. The van der Waals surface area contributed by atoms with Gasteiger partial charge in [-0.2, -0.15) is 0 Å². The van der Waals surface area contributed by atoms with E-state index >= 15 is 0 Å². The van der Waals surface area contributed by atoms with Crippen molar-refractivity contribution >= 4 is 17.9 Å². The molecule has 3 N–H and O–H groups in total. The molecular weight excluding hydrogens is 386 g/mol. The number of ether oxygens (including phenoxy) is 2. The van der Waals surface area contributed by atoms with Gasteiger partial charge in [-0.05, 0) is 24.0 Å². The van der Waals surface area contributed by atoms with Crippen LogP contribution in [-0.2, 0) is 37.1 Å². The highest BCUT2D eigenvalue weighted by Crippen LogP contribution is 2.17. The van der Waals surface area contributed by atoms with Crippen LogP contribution in [0.5, 0.6) is 0 Å². The Hall–Kier alpha value is -3.19. The lowest BCUT2D eigenvalue weighted by Gasteiger charge is -2.19. The summed E-state index contributed by atoms with van der Waals surface area (Å²) in [5.41, 5.74) is 7.40. The number of unbranched alkanes of at least 4 members (excludes halogenated alkanes) is 1. The van der Waals surface area contributed by atoms with Crippen molar-refractivity contribution in [2.45, 2.75) is 44.9 Å². The number of esters is 2. The van der Waals surface area contributed by atoms with Crippen molar-refractivity contribution in [2.75, 3.05) is 0 Å². The molecule has 0 saturated carbocycles. The smallest absolute Gasteiger partial charge is 0.321 e. The minimum Gasteiger partial charge on any atom is -0.480 e. The molecule has 2 aromatic carbocycles. The van der Waals surface area contributed by atoms with Gasteiger partial charge in [0.1, 0.15) is 19.3 Å². The molecule has 0 radical (unpaired) electrons. The Balaban J connectivity index is 1.76. The number of carbonyl (C=O) groups excluding carboxylic acids is 2. The quantitative estimate of drug-likeness (QED) is 0.406. The maximum absolute atomic E-state index is 12.4. The van der Waals surface area contributed by atoms with Crippen molar-refractivity contribution in [3.8, 4) is 0 Å². The third-order valence-electron chi connectivity index (χ3n) is 4.63. The zero-order valence-corrected chi connectivity index (χ0v) is 16.7. The van der Waals surface area contributed by atoms with Gasteiger partial charge in [-0.25, -0.2) is 0 Å². The van der Waals surface area contributed by atoms with Crippen molar-refractivity contribution in [1.29, 1.82) is 0 Å². The molecule has 0 aliphatic heterocycles. The molecule has 0 spiro atoms. The summed E-state index contributed by atoms with van der Waals surface area (Å²) in [5.74, 6) is -3.24. The molecule has 30 heavy (non-hydrogen) atoms. The summed E-state index contributed by atoms with van der Waals surface area (Å²) < 4.78 is 10.5. The van der Waals surface area contributed by atoms with E-state index in [1.54, 1.807) is 12.1 Å². The summed E-state index contributed by atoms with van der Waals surface area (Å²) in [5, 5.41) is 9.20. The molecule has 2 rings (SSSR count). The summed E-state index contributed by atoms with van der Waals surface area (Å²) in [6.45, 7) is 0.256. The molecule has 0 amide bonds. The first-order valence-corrected chi connectivity index (χ1v) is 9.86. The molecule has 0 bridgehead atoms. The third kappa shape index (κ3) is 8.05. The number of aliphatic carboxylic acids is 1. The first-order chi connectivity index (χ1) is 14.5. The number of benzene rings is 2. The highest BCUT2D eigenvalue weighted by atomic mass is 16.5. The van der Waals surface area contributed by atoms with E-state index in [0.717, 1.165) is 11.1 Å². The van der Waals surface area contributed by atoms with Gasteiger partial charge in [0.15, 0.2) is 0 Å².